The van der Waals surface area contributed by atoms with Crippen molar-refractivity contribution in [1.82, 2.24) is 9.88 Å². The van der Waals surface area contributed by atoms with E-state index in [1.54, 1.807) is 6.07 Å². The molecule has 2 aromatic rings. The molecule has 3 N–H and O–H groups in total. The molecule has 1 aromatic heterocycles. The van der Waals surface area contributed by atoms with Crippen molar-refractivity contribution < 1.29 is 27.8 Å². The lowest BCUT2D eigenvalue weighted by atomic mass is 10.1. The summed E-state index contributed by atoms with van der Waals surface area (Å²) < 4.78 is 36.9. The Kier molecular flexibility index (Phi) is 9.92. The van der Waals surface area contributed by atoms with Gasteiger partial charge in [0, 0.05) is 18.4 Å². The van der Waals surface area contributed by atoms with Gasteiger partial charge in [-0.05, 0) is 70.0 Å². The molecule has 4 rings (SSSR count). The quantitative estimate of drug-likeness (QED) is 0.615. The van der Waals surface area contributed by atoms with Crippen LogP contribution in [0.25, 0.3) is 0 Å². The molecule has 1 aromatic carbocycles. The first-order valence-corrected chi connectivity index (χ1v) is 11.8. The average Bonchev–Trinajstić information content (AvgIpc) is 3.29. The number of carbonyl (C=O) groups is 2. The number of nitrogens with zero attached hydrogens (tertiary/aromatic N) is 2. The maximum atomic E-state index is 13.3. The average molecular weight is 491 g/mol. The zero-order chi connectivity index (χ0) is 25.2. The third kappa shape index (κ3) is 8.25. The Labute approximate surface area is 203 Å². The van der Waals surface area contributed by atoms with Crippen LogP contribution in [0.3, 0.4) is 0 Å². The molecule has 2 saturated heterocycles. The number of nitrogens with one attached hydrogen (secondary N) is 1. The molecule has 0 bridgehead atoms. The van der Waals surface area contributed by atoms with Gasteiger partial charge in [-0.2, -0.15) is 4.39 Å². The molecule has 2 unspecified atom stereocenters. The van der Waals surface area contributed by atoms with Gasteiger partial charge in [-0.15, -0.1) is 0 Å². The van der Waals surface area contributed by atoms with Crippen LogP contribution in [0.2, 0.25) is 0 Å². The van der Waals surface area contributed by atoms with Crippen LogP contribution in [0.4, 0.5) is 14.5 Å². The minimum Gasteiger partial charge on any atom is -0.489 e. The number of amides is 2. The molecular weight excluding hydrogens is 458 g/mol. The summed E-state index contributed by atoms with van der Waals surface area (Å²) in [7, 11) is 0. The van der Waals surface area contributed by atoms with Gasteiger partial charge in [0.15, 0.2) is 11.6 Å². The lowest BCUT2D eigenvalue weighted by Crippen LogP contribution is -2.33. The summed E-state index contributed by atoms with van der Waals surface area (Å²) in [4.78, 5) is 28.9. The Hall–Kier alpha value is -3.11. The number of pyridine rings is 1. The van der Waals surface area contributed by atoms with E-state index in [-0.39, 0.29) is 23.5 Å². The summed E-state index contributed by atoms with van der Waals surface area (Å²) in [6, 6.07) is 7.04. The summed E-state index contributed by atoms with van der Waals surface area (Å²) in [6.45, 7) is 5.27. The number of ether oxygens (including phenoxy) is 2. The fourth-order valence-electron chi connectivity index (χ4n) is 3.92. The lowest BCUT2D eigenvalue weighted by Gasteiger charge is -2.26. The van der Waals surface area contributed by atoms with Crippen molar-refractivity contribution in [2.45, 2.75) is 51.2 Å². The number of likely N-dealkylation sites (tertiary alicyclic amines) is 1. The van der Waals surface area contributed by atoms with Crippen molar-refractivity contribution in [3.05, 3.63) is 53.9 Å². The van der Waals surface area contributed by atoms with Gasteiger partial charge in [-0.3, -0.25) is 19.5 Å². The maximum absolute atomic E-state index is 13.3. The molecule has 2 aliphatic rings. The van der Waals surface area contributed by atoms with E-state index in [9.17, 15) is 18.4 Å². The Morgan fingerprint density at radius 2 is 1.97 bits per heavy atom. The fourth-order valence-corrected chi connectivity index (χ4v) is 3.92. The summed E-state index contributed by atoms with van der Waals surface area (Å²) in [5.74, 6) is -2.59. The van der Waals surface area contributed by atoms with E-state index in [2.05, 4.69) is 15.2 Å². The number of piperidine rings is 1. The van der Waals surface area contributed by atoms with E-state index < -0.39 is 23.6 Å². The number of halogens is 2. The van der Waals surface area contributed by atoms with Crippen LogP contribution < -0.4 is 15.8 Å². The summed E-state index contributed by atoms with van der Waals surface area (Å²) >= 11 is 0. The standard InChI is InChI=1S/C13H17F2NO.C12H15N3O3/c14-11-5-4-6-12(13(11)15)17-10-9-16-7-2-1-3-8-16;1-7-2-3-10(18-7)12(17)15-8-4-5-14-9(6-8)11(13)16/h4-6H,1-3,7-10H2;4-7,10H,2-3H2,1H3,(H2,13,16)(H,14,15,17). The molecule has 2 fully saturated rings. The van der Waals surface area contributed by atoms with Gasteiger partial charge in [0.2, 0.25) is 5.82 Å². The van der Waals surface area contributed by atoms with Gasteiger partial charge in [-0.1, -0.05) is 12.5 Å². The monoisotopic (exact) mass is 490 g/mol. The van der Waals surface area contributed by atoms with E-state index in [0.29, 0.717) is 18.7 Å². The predicted molar refractivity (Wildman–Crippen MR) is 127 cm³/mol. The second kappa shape index (κ2) is 13.1. The largest absolute Gasteiger partial charge is 0.489 e. The van der Waals surface area contributed by atoms with Crippen LogP contribution in [0.5, 0.6) is 5.75 Å². The van der Waals surface area contributed by atoms with Crippen molar-refractivity contribution in [3.63, 3.8) is 0 Å². The highest BCUT2D eigenvalue weighted by atomic mass is 19.2. The summed E-state index contributed by atoms with van der Waals surface area (Å²) in [6.07, 6.45) is 6.42. The molecule has 0 radical (unpaired) electrons. The number of anilines is 1. The van der Waals surface area contributed by atoms with Crippen LogP contribution in [0.15, 0.2) is 36.5 Å². The van der Waals surface area contributed by atoms with Gasteiger partial charge in [0.05, 0.1) is 6.10 Å². The van der Waals surface area contributed by atoms with Crippen LogP contribution in [0, 0.1) is 11.6 Å². The fraction of sp³-hybridized carbons (Fsp3) is 0.480. The number of carbonyl (C=O) groups excluding carboxylic acids is 2. The zero-order valence-electron chi connectivity index (χ0n) is 19.8. The van der Waals surface area contributed by atoms with Gasteiger partial charge in [0.25, 0.3) is 11.8 Å². The SMILES string of the molecule is CC1CCC(C(=O)Nc2ccnc(C(N)=O)c2)O1.Fc1cccc(OCCN2CCCCC2)c1F. The number of hydrogen-bond acceptors (Lipinski definition) is 6. The first-order valence-electron chi connectivity index (χ1n) is 11.8. The Balaban J connectivity index is 0.000000196. The topological polar surface area (TPSA) is 107 Å². The van der Waals surface area contributed by atoms with E-state index in [0.717, 1.165) is 32.1 Å². The molecule has 190 valence electrons. The number of benzene rings is 1. The molecule has 10 heteroatoms. The molecule has 3 heterocycles. The highest BCUT2D eigenvalue weighted by Crippen LogP contribution is 2.21. The Bertz CT molecular complexity index is 1000. The van der Waals surface area contributed by atoms with Crippen molar-refractivity contribution in [1.29, 1.82) is 0 Å². The first-order chi connectivity index (χ1) is 16.8. The normalized spacial score (nSPS) is 20.0. The third-order valence-electron chi connectivity index (χ3n) is 5.83. The van der Waals surface area contributed by atoms with Crippen molar-refractivity contribution in [3.8, 4) is 5.75 Å². The molecule has 2 amide bonds. The van der Waals surface area contributed by atoms with Gasteiger partial charge in [-0.25, -0.2) is 4.39 Å². The summed E-state index contributed by atoms with van der Waals surface area (Å²) in [5.41, 5.74) is 5.73. The smallest absolute Gasteiger partial charge is 0.267 e. The highest BCUT2D eigenvalue weighted by molar-refractivity contribution is 5.96. The number of rotatable bonds is 7. The first kappa shape index (κ1) is 26.5. The van der Waals surface area contributed by atoms with Gasteiger partial charge >= 0.3 is 0 Å². The molecule has 35 heavy (non-hydrogen) atoms. The summed E-state index contributed by atoms with van der Waals surface area (Å²) in [5, 5.41) is 2.69. The number of aromatic nitrogens is 1. The van der Waals surface area contributed by atoms with E-state index in [1.165, 1.54) is 43.7 Å². The lowest BCUT2D eigenvalue weighted by molar-refractivity contribution is -0.126. The second-order valence-electron chi connectivity index (χ2n) is 8.60. The number of nitrogens with two attached hydrogens (primary N) is 1. The molecule has 8 nitrogen and oxygen atoms in total. The molecule has 2 atom stereocenters. The van der Waals surface area contributed by atoms with Gasteiger partial charge < -0.3 is 20.5 Å². The molecule has 0 spiro atoms. The van der Waals surface area contributed by atoms with Crippen molar-refractivity contribution >= 4 is 17.5 Å². The molecule has 0 aliphatic carbocycles. The van der Waals surface area contributed by atoms with Crippen LogP contribution >= 0.6 is 0 Å². The Morgan fingerprint density at radius 3 is 2.66 bits per heavy atom. The molecule has 0 saturated carbocycles. The predicted octanol–water partition coefficient (Wildman–Crippen LogP) is 3.52. The van der Waals surface area contributed by atoms with E-state index in [1.807, 2.05) is 6.92 Å². The van der Waals surface area contributed by atoms with Crippen LogP contribution in [-0.4, -0.2) is 60.1 Å². The zero-order valence-corrected chi connectivity index (χ0v) is 19.8. The van der Waals surface area contributed by atoms with Crippen molar-refractivity contribution in [2.24, 2.45) is 5.73 Å². The Morgan fingerprint density at radius 1 is 1.20 bits per heavy atom. The number of primary amides is 1. The highest BCUT2D eigenvalue weighted by Gasteiger charge is 2.28. The van der Waals surface area contributed by atoms with Crippen LogP contribution in [-0.2, 0) is 9.53 Å². The van der Waals surface area contributed by atoms with E-state index >= 15 is 0 Å². The van der Waals surface area contributed by atoms with E-state index in [4.69, 9.17) is 15.2 Å². The molecule has 2 aliphatic heterocycles. The van der Waals surface area contributed by atoms with Gasteiger partial charge in [0.1, 0.15) is 18.4 Å². The maximum Gasteiger partial charge on any atom is 0.267 e. The number of hydrogen-bond donors (Lipinski definition) is 2. The van der Waals surface area contributed by atoms with Crippen molar-refractivity contribution in [2.75, 3.05) is 31.6 Å². The second-order valence-corrected chi connectivity index (χ2v) is 8.60. The minimum atomic E-state index is -0.897. The van der Waals surface area contributed by atoms with Crippen LogP contribution in [0.1, 0.15) is 49.5 Å². The minimum absolute atomic E-state index is 0.00186. The molecular formula is C25H32F2N4O4. The third-order valence-corrected chi connectivity index (χ3v) is 5.83.